The maximum atomic E-state index is 13.6. The predicted molar refractivity (Wildman–Crippen MR) is 96.3 cm³/mol. The van der Waals surface area contributed by atoms with Gasteiger partial charge in [0, 0.05) is 6.07 Å². The molecule has 0 aliphatic heterocycles. The molecule has 0 saturated carbocycles. The number of anilines is 2. The van der Waals surface area contributed by atoms with Gasteiger partial charge in [-0.3, -0.25) is 4.79 Å². The number of benzene rings is 1. The van der Waals surface area contributed by atoms with E-state index in [4.69, 9.17) is 4.42 Å². The van der Waals surface area contributed by atoms with Crippen LogP contribution in [0.2, 0.25) is 0 Å². The number of nitrogens with one attached hydrogen (secondary N) is 2. The van der Waals surface area contributed by atoms with Gasteiger partial charge in [0.15, 0.2) is 4.34 Å². The lowest BCUT2D eigenvalue weighted by atomic mass is 10.3. The molecule has 3 rings (SSSR count). The second kappa shape index (κ2) is 8.28. The number of furan rings is 1. The fourth-order valence-electron chi connectivity index (χ4n) is 1.94. The van der Waals surface area contributed by atoms with Crippen LogP contribution in [0.5, 0.6) is 0 Å². The predicted octanol–water partition coefficient (Wildman–Crippen LogP) is 4.14. The molecule has 1 aromatic carbocycles. The number of hydrogen-bond acceptors (Lipinski definition) is 7. The van der Waals surface area contributed by atoms with Gasteiger partial charge in [-0.05, 0) is 31.2 Å². The van der Waals surface area contributed by atoms with Crippen LogP contribution < -0.4 is 10.6 Å². The first-order chi connectivity index (χ1) is 12.5. The Hall–Kier alpha value is -2.46. The molecule has 0 spiro atoms. The van der Waals surface area contributed by atoms with Crippen molar-refractivity contribution in [1.82, 2.24) is 10.2 Å². The summed E-state index contributed by atoms with van der Waals surface area (Å²) in [4.78, 5) is 12.2. The van der Waals surface area contributed by atoms with Gasteiger partial charge in [-0.2, -0.15) is 0 Å². The fourth-order valence-corrected chi connectivity index (χ4v) is 3.83. The number of thioether (sulfide) groups is 1. The molecule has 0 radical (unpaired) electrons. The first-order valence-corrected chi connectivity index (χ1v) is 9.23. The molecule has 2 heterocycles. The average molecular weight is 396 g/mol. The standard InChI is InChI=1S/C16H14F2N4O2S2/c1-9(14(23)20-13-7-10(17)4-5-12(13)18)25-16-22-21-15(26-16)19-8-11-3-2-6-24-11/h2-7,9H,8H2,1H3,(H,19,21)(H,20,23)/t9-/m1/s1. The molecule has 2 N–H and O–H groups in total. The lowest BCUT2D eigenvalue weighted by Gasteiger charge is -2.10. The van der Waals surface area contributed by atoms with Crippen molar-refractivity contribution in [1.29, 1.82) is 0 Å². The van der Waals surface area contributed by atoms with Gasteiger partial charge in [-0.15, -0.1) is 10.2 Å². The quantitative estimate of drug-likeness (QED) is 0.584. The Morgan fingerprint density at radius 3 is 2.96 bits per heavy atom. The van der Waals surface area contributed by atoms with Crippen LogP contribution in [0, 0.1) is 11.6 Å². The van der Waals surface area contributed by atoms with Crippen molar-refractivity contribution in [3.8, 4) is 0 Å². The van der Waals surface area contributed by atoms with E-state index in [-0.39, 0.29) is 5.69 Å². The molecule has 10 heteroatoms. The van der Waals surface area contributed by atoms with E-state index in [0.717, 1.165) is 24.0 Å². The van der Waals surface area contributed by atoms with Crippen molar-refractivity contribution >= 4 is 39.8 Å². The molecule has 1 amide bonds. The zero-order chi connectivity index (χ0) is 18.5. The number of carbonyl (C=O) groups excluding carboxylic acids is 1. The van der Waals surface area contributed by atoms with E-state index in [1.807, 2.05) is 6.07 Å². The molecule has 136 valence electrons. The van der Waals surface area contributed by atoms with Gasteiger partial charge in [0.1, 0.15) is 17.4 Å². The van der Waals surface area contributed by atoms with Crippen molar-refractivity contribution in [2.75, 3.05) is 10.6 Å². The largest absolute Gasteiger partial charge is 0.467 e. The number of nitrogens with zero attached hydrogens (tertiary/aromatic N) is 2. The van der Waals surface area contributed by atoms with Crippen LogP contribution in [0.4, 0.5) is 19.6 Å². The molecule has 2 aromatic heterocycles. The third-order valence-electron chi connectivity index (χ3n) is 3.23. The van der Waals surface area contributed by atoms with E-state index >= 15 is 0 Å². The highest BCUT2D eigenvalue weighted by molar-refractivity contribution is 8.02. The third kappa shape index (κ3) is 4.79. The smallest absolute Gasteiger partial charge is 0.237 e. The Morgan fingerprint density at radius 2 is 2.19 bits per heavy atom. The van der Waals surface area contributed by atoms with Crippen LogP contribution in [0.1, 0.15) is 12.7 Å². The first kappa shape index (κ1) is 18.3. The van der Waals surface area contributed by atoms with Gasteiger partial charge in [-0.25, -0.2) is 8.78 Å². The Labute approximate surface area is 156 Å². The highest BCUT2D eigenvalue weighted by Crippen LogP contribution is 2.30. The maximum Gasteiger partial charge on any atom is 0.237 e. The summed E-state index contributed by atoms with van der Waals surface area (Å²) in [6.45, 7) is 2.12. The Morgan fingerprint density at radius 1 is 1.35 bits per heavy atom. The lowest BCUT2D eigenvalue weighted by molar-refractivity contribution is -0.115. The molecule has 0 unspecified atom stereocenters. The number of rotatable bonds is 7. The average Bonchev–Trinajstić information content (AvgIpc) is 3.28. The molecule has 0 saturated heterocycles. The molecular formula is C16H14F2N4O2S2. The van der Waals surface area contributed by atoms with Gasteiger partial charge < -0.3 is 15.1 Å². The van der Waals surface area contributed by atoms with Crippen LogP contribution in [-0.2, 0) is 11.3 Å². The van der Waals surface area contributed by atoms with E-state index in [2.05, 4.69) is 20.8 Å². The number of hydrogen-bond donors (Lipinski definition) is 2. The number of amides is 1. The van der Waals surface area contributed by atoms with Crippen LogP contribution in [0.3, 0.4) is 0 Å². The first-order valence-electron chi connectivity index (χ1n) is 7.53. The Balaban J connectivity index is 1.54. The van der Waals surface area contributed by atoms with Gasteiger partial charge in [-0.1, -0.05) is 23.1 Å². The van der Waals surface area contributed by atoms with E-state index < -0.39 is 22.8 Å². The Bertz CT molecular complexity index is 886. The van der Waals surface area contributed by atoms with Crippen molar-refractivity contribution < 1.29 is 18.0 Å². The minimum absolute atomic E-state index is 0.194. The van der Waals surface area contributed by atoms with Gasteiger partial charge in [0.05, 0.1) is 23.7 Å². The molecular weight excluding hydrogens is 382 g/mol. The fraction of sp³-hybridized carbons (Fsp3) is 0.188. The lowest BCUT2D eigenvalue weighted by Crippen LogP contribution is -2.23. The zero-order valence-corrected chi connectivity index (χ0v) is 15.2. The van der Waals surface area contributed by atoms with E-state index in [9.17, 15) is 13.6 Å². The summed E-state index contributed by atoms with van der Waals surface area (Å²) in [5, 5.41) is 13.5. The summed E-state index contributed by atoms with van der Waals surface area (Å²) in [5.74, 6) is -1.02. The number of carbonyl (C=O) groups is 1. The molecule has 0 fully saturated rings. The molecule has 6 nitrogen and oxygen atoms in total. The molecule has 0 bridgehead atoms. The third-order valence-corrected chi connectivity index (χ3v) is 5.30. The second-order valence-electron chi connectivity index (χ2n) is 5.18. The highest BCUT2D eigenvalue weighted by Gasteiger charge is 2.19. The monoisotopic (exact) mass is 396 g/mol. The summed E-state index contributed by atoms with van der Waals surface area (Å²) in [7, 11) is 0. The van der Waals surface area contributed by atoms with E-state index in [0.29, 0.717) is 16.0 Å². The van der Waals surface area contributed by atoms with Crippen LogP contribution in [0.25, 0.3) is 0 Å². The van der Waals surface area contributed by atoms with Crippen molar-refractivity contribution in [2.45, 2.75) is 23.1 Å². The summed E-state index contributed by atoms with van der Waals surface area (Å²) < 4.78 is 32.6. The van der Waals surface area contributed by atoms with Gasteiger partial charge in [0.2, 0.25) is 11.0 Å². The minimum atomic E-state index is -0.697. The number of aromatic nitrogens is 2. The van der Waals surface area contributed by atoms with Crippen molar-refractivity contribution in [2.24, 2.45) is 0 Å². The maximum absolute atomic E-state index is 13.6. The summed E-state index contributed by atoms with van der Waals surface area (Å²) >= 11 is 2.46. The van der Waals surface area contributed by atoms with Crippen molar-refractivity contribution in [3.05, 3.63) is 54.0 Å². The van der Waals surface area contributed by atoms with Crippen LogP contribution in [0.15, 0.2) is 45.4 Å². The summed E-state index contributed by atoms with van der Waals surface area (Å²) in [5.41, 5.74) is -0.194. The second-order valence-corrected chi connectivity index (χ2v) is 7.74. The normalized spacial score (nSPS) is 12.0. The molecule has 3 aromatic rings. The highest BCUT2D eigenvalue weighted by atomic mass is 32.2. The van der Waals surface area contributed by atoms with Gasteiger partial charge in [0.25, 0.3) is 0 Å². The molecule has 0 aliphatic rings. The Kier molecular flexibility index (Phi) is 5.84. The zero-order valence-electron chi connectivity index (χ0n) is 13.5. The van der Waals surface area contributed by atoms with Crippen molar-refractivity contribution in [3.63, 3.8) is 0 Å². The SMILES string of the molecule is C[C@@H](Sc1nnc(NCc2ccco2)s1)C(=O)Nc1cc(F)ccc1F. The molecule has 0 aliphatic carbocycles. The van der Waals surface area contributed by atoms with Crippen LogP contribution in [-0.4, -0.2) is 21.4 Å². The summed E-state index contributed by atoms with van der Waals surface area (Å²) in [6, 6.07) is 6.51. The minimum Gasteiger partial charge on any atom is -0.467 e. The number of halogens is 2. The van der Waals surface area contributed by atoms with E-state index in [1.165, 1.54) is 23.1 Å². The van der Waals surface area contributed by atoms with E-state index in [1.54, 1.807) is 19.3 Å². The van der Waals surface area contributed by atoms with Gasteiger partial charge >= 0.3 is 0 Å². The topological polar surface area (TPSA) is 80.1 Å². The summed E-state index contributed by atoms with van der Waals surface area (Å²) in [6.07, 6.45) is 1.58. The molecule has 26 heavy (non-hydrogen) atoms. The molecule has 1 atom stereocenters. The van der Waals surface area contributed by atoms with Crippen LogP contribution >= 0.6 is 23.1 Å².